The van der Waals surface area contributed by atoms with Crippen LogP contribution < -0.4 is 45.2 Å². The molecule has 0 heterocycles. The standard InChI is InChI=1S/BrH.3H3N.H3O4P/c;;;;1-5(2,3)4/h1H;3*1H3;(H3,1,2,3,4). The highest BCUT2D eigenvalue weighted by Gasteiger charge is 1.64. The van der Waals surface area contributed by atoms with Crippen molar-refractivity contribution >= 4 is 7.82 Å². The minimum Gasteiger partial charge on any atom is -1.00 e. The maximum atomic E-state index is 8.66. The van der Waals surface area contributed by atoms with E-state index < -0.39 is 7.82 Å². The molecule has 0 bridgehead atoms. The molecule has 0 spiro atoms. The highest BCUT2D eigenvalue weighted by molar-refractivity contribution is 7.42. The van der Waals surface area contributed by atoms with E-state index in [0.717, 1.165) is 0 Å². The summed E-state index contributed by atoms with van der Waals surface area (Å²) >= 11 is 0. The monoisotopic (exact) mass is 229 g/mol. The molecule has 0 aromatic heterocycles. The zero-order valence-corrected chi connectivity index (χ0v) is 7.98. The Morgan fingerprint density at radius 1 is 1.11 bits per heavy atom. The molecule has 0 aromatic carbocycles. The van der Waals surface area contributed by atoms with Gasteiger partial charge in [-0.15, -0.1) is 0 Å². The Bertz CT molecular complexity index is 61.9. The summed E-state index contributed by atoms with van der Waals surface area (Å²) in [4.78, 5) is 24.3. The predicted octanol–water partition coefficient (Wildman–Crippen LogP) is -4.06. The number of rotatable bonds is 0. The molecule has 0 radical (unpaired) electrons. The molecule has 9 heteroatoms. The Balaban J connectivity index is -0.0000000133. The van der Waals surface area contributed by atoms with E-state index >= 15 is 0 Å². The lowest BCUT2D eigenvalue weighted by molar-refractivity contribution is -0.337. The van der Waals surface area contributed by atoms with E-state index in [1.54, 1.807) is 0 Å². The van der Waals surface area contributed by atoms with Crippen LogP contribution in [0.3, 0.4) is 0 Å². The van der Waals surface area contributed by atoms with E-state index in [4.69, 9.17) is 19.2 Å². The van der Waals surface area contributed by atoms with Crippen molar-refractivity contribution in [1.29, 1.82) is 0 Å². The summed E-state index contributed by atoms with van der Waals surface area (Å²) < 4.78 is 8.66. The van der Waals surface area contributed by atoms with E-state index in [1.165, 1.54) is 0 Å². The maximum absolute atomic E-state index is 8.66. The van der Waals surface area contributed by atoms with Crippen molar-refractivity contribution in [2.24, 2.45) is 0 Å². The van der Waals surface area contributed by atoms with Crippen molar-refractivity contribution in [2.45, 2.75) is 0 Å². The number of hydrogen-bond donors (Lipinski definition) is 4. The van der Waals surface area contributed by atoms with Gasteiger partial charge in [-0.05, 0) is 0 Å². The normalized spacial score (nSPS) is 6.56. The van der Waals surface area contributed by atoms with E-state index in [0.29, 0.717) is 0 Å². The second-order valence-electron chi connectivity index (χ2n) is 0.469. The molecule has 0 saturated carbocycles. The van der Waals surface area contributed by atoms with Gasteiger partial charge in [-0.2, -0.15) is 0 Å². The van der Waals surface area contributed by atoms with Gasteiger partial charge in [0.25, 0.3) is 0 Å². The summed E-state index contributed by atoms with van der Waals surface area (Å²) in [5.74, 6) is 0. The number of hydrogen-bond acceptors (Lipinski definition) is 3. The zero-order valence-electron chi connectivity index (χ0n) is 5.50. The molecule has 0 aromatic rings. The van der Waals surface area contributed by atoms with Gasteiger partial charge in [0, 0.05) is 0 Å². The molecule has 0 atom stereocenters. The second-order valence-corrected chi connectivity index (χ2v) is 1.41. The van der Waals surface area contributed by atoms with Gasteiger partial charge >= 0.3 is 0 Å². The lowest BCUT2D eigenvalue weighted by Gasteiger charge is -2.19. The fourth-order valence-electron chi connectivity index (χ4n) is 0. The first-order valence-corrected chi connectivity index (χ1v) is 2.24. The smallest absolute Gasteiger partial charge is 0.0557 e. The molecule has 9 heavy (non-hydrogen) atoms. The Morgan fingerprint density at radius 3 is 1.11 bits per heavy atom. The quantitative estimate of drug-likeness (QED) is 0.307. The highest BCUT2D eigenvalue weighted by Crippen LogP contribution is 2.11. The van der Waals surface area contributed by atoms with Crippen LogP contribution in [0.1, 0.15) is 0 Å². The van der Waals surface area contributed by atoms with Crippen molar-refractivity contribution < 1.29 is 36.2 Å². The van der Waals surface area contributed by atoms with Crippen molar-refractivity contribution in [3.05, 3.63) is 0 Å². The molecular formula is H13BrN3O4P. The van der Waals surface area contributed by atoms with Crippen molar-refractivity contribution in [3.63, 3.8) is 0 Å². The fraction of sp³-hybridized carbons (Fsp3) is 0. The topological polar surface area (TPSA) is 193 Å². The molecule has 0 amide bonds. The van der Waals surface area contributed by atoms with Crippen molar-refractivity contribution in [3.8, 4) is 0 Å². The van der Waals surface area contributed by atoms with Crippen molar-refractivity contribution in [1.82, 2.24) is 18.5 Å². The molecule has 0 saturated heterocycles. The molecule has 0 unspecified atom stereocenters. The van der Waals surface area contributed by atoms with Gasteiger partial charge in [0.1, 0.15) is 0 Å². The summed E-state index contributed by atoms with van der Waals surface area (Å²) in [6.07, 6.45) is 0. The van der Waals surface area contributed by atoms with Crippen LogP contribution in [0.5, 0.6) is 0 Å². The molecule has 13 N–H and O–H groups in total. The lowest BCUT2D eigenvalue weighted by Crippen LogP contribution is -3.00. The second kappa shape index (κ2) is 11.3. The first-order chi connectivity index (χ1) is 2.00. The van der Waals surface area contributed by atoms with Crippen LogP contribution in [-0.4, -0.2) is 4.89 Å². The molecular weight excluding hydrogens is 217 g/mol. The minimum atomic E-state index is -5.14. The first-order valence-electron chi connectivity index (χ1n) is 0.748. The van der Waals surface area contributed by atoms with Crippen LogP contribution >= 0.6 is 7.82 Å². The molecule has 0 aliphatic heterocycles. The lowest BCUT2D eigenvalue weighted by atomic mass is 14.0. The van der Waals surface area contributed by atoms with Gasteiger partial charge in [0.05, 0.1) is 7.82 Å². The first kappa shape index (κ1) is 34.0. The predicted molar refractivity (Wildman–Crippen MR) is 27.8 cm³/mol. The van der Waals surface area contributed by atoms with Gasteiger partial charge < -0.3 is 54.7 Å². The average Bonchev–Trinajstić information content (AvgIpc) is 0.722. The van der Waals surface area contributed by atoms with Crippen LogP contribution in [0.4, 0.5) is 0 Å². The molecule has 0 rings (SSSR count). The number of halogens is 1. The highest BCUT2D eigenvalue weighted by atomic mass is 79.9. The SMILES string of the molecule is O=P([O-])([O-])O.[Br-].[NH4+].[NH4+].[NH4+]. The molecule has 0 aliphatic rings. The minimum absolute atomic E-state index is 0. The van der Waals surface area contributed by atoms with Gasteiger partial charge in [-0.3, -0.25) is 0 Å². The summed E-state index contributed by atoms with van der Waals surface area (Å²) in [5.41, 5.74) is 0. The average molecular weight is 230 g/mol. The molecule has 64 valence electrons. The van der Waals surface area contributed by atoms with Gasteiger partial charge in [-0.25, -0.2) is 0 Å². The van der Waals surface area contributed by atoms with Crippen molar-refractivity contribution in [2.75, 3.05) is 0 Å². The number of phosphoric acid groups is 1. The Kier molecular flexibility index (Phi) is 42.7. The van der Waals surface area contributed by atoms with Gasteiger partial charge in [-0.1, -0.05) is 0 Å². The van der Waals surface area contributed by atoms with Crippen LogP contribution in [-0.2, 0) is 4.57 Å². The van der Waals surface area contributed by atoms with Gasteiger partial charge in [0.15, 0.2) is 0 Å². The third-order valence-electron chi connectivity index (χ3n) is 0. The zero-order chi connectivity index (χ0) is 4.50. The third kappa shape index (κ3) is 1610. The van der Waals surface area contributed by atoms with E-state index in [2.05, 4.69) is 0 Å². The van der Waals surface area contributed by atoms with Crippen LogP contribution in [0.15, 0.2) is 0 Å². The Morgan fingerprint density at radius 2 is 1.11 bits per heavy atom. The largest absolute Gasteiger partial charge is 1.00 e. The van der Waals surface area contributed by atoms with E-state index in [-0.39, 0.29) is 35.4 Å². The van der Waals surface area contributed by atoms with Crippen LogP contribution in [0.2, 0.25) is 0 Å². The summed E-state index contributed by atoms with van der Waals surface area (Å²) in [6.45, 7) is 0. The molecule has 7 nitrogen and oxygen atoms in total. The van der Waals surface area contributed by atoms with Gasteiger partial charge in [0.2, 0.25) is 0 Å². The van der Waals surface area contributed by atoms with E-state index in [9.17, 15) is 0 Å². The van der Waals surface area contributed by atoms with Crippen LogP contribution in [0, 0.1) is 0 Å². The van der Waals surface area contributed by atoms with Crippen LogP contribution in [0.25, 0.3) is 0 Å². The maximum Gasteiger partial charge on any atom is 0.0557 e. The fourth-order valence-corrected chi connectivity index (χ4v) is 0. The summed E-state index contributed by atoms with van der Waals surface area (Å²) in [6, 6.07) is 0. The summed E-state index contributed by atoms with van der Waals surface area (Å²) in [7, 11) is -5.14. The number of quaternary nitrogens is 3. The Hall–Kier alpha value is 0.470. The summed E-state index contributed by atoms with van der Waals surface area (Å²) in [5, 5.41) is 0. The molecule has 0 aliphatic carbocycles. The third-order valence-corrected chi connectivity index (χ3v) is 0. The van der Waals surface area contributed by atoms with E-state index in [1.807, 2.05) is 0 Å². The Labute approximate surface area is 63.2 Å². The molecule has 0 fully saturated rings.